The van der Waals surface area contributed by atoms with Crippen molar-refractivity contribution in [1.82, 2.24) is 19.3 Å². The van der Waals surface area contributed by atoms with Crippen LogP contribution in [0.1, 0.15) is 11.3 Å². The van der Waals surface area contributed by atoms with Crippen LogP contribution in [0, 0.1) is 6.92 Å². The smallest absolute Gasteiger partial charge is 0.244 e. The molecule has 10 heteroatoms. The molecule has 0 saturated carbocycles. The van der Waals surface area contributed by atoms with Gasteiger partial charge in [-0.3, -0.25) is 0 Å². The molecule has 30 heavy (non-hydrogen) atoms. The minimum absolute atomic E-state index is 0.131. The van der Waals surface area contributed by atoms with E-state index in [2.05, 4.69) is 14.8 Å². The topological polar surface area (TPSA) is 85.6 Å². The predicted octanol–water partition coefficient (Wildman–Crippen LogP) is 3.95. The first-order valence-electron chi connectivity index (χ1n) is 9.11. The Balaban J connectivity index is 1.50. The zero-order valence-electron chi connectivity index (χ0n) is 16.3. The minimum Gasteiger partial charge on any atom is -0.495 e. The summed E-state index contributed by atoms with van der Waals surface area (Å²) in [4.78, 5) is 5.42. The fourth-order valence-corrected chi connectivity index (χ4v) is 5.27. The molecule has 2 heterocycles. The van der Waals surface area contributed by atoms with E-state index in [9.17, 15) is 8.42 Å². The zero-order valence-corrected chi connectivity index (χ0v) is 18.7. The molecular formula is C20H19ClN4O3S2. The van der Waals surface area contributed by atoms with Crippen LogP contribution in [0.15, 0.2) is 52.7 Å². The molecule has 1 N–H and O–H groups in total. The highest BCUT2D eigenvalue weighted by atomic mass is 35.5. The van der Waals surface area contributed by atoms with Crippen molar-refractivity contribution in [2.24, 2.45) is 0 Å². The summed E-state index contributed by atoms with van der Waals surface area (Å²) in [5.41, 5.74) is 2.59. The summed E-state index contributed by atoms with van der Waals surface area (Å²) >= 11 is 7.40. The van der Waals surface area contributed by atoms with Crippen molar-refractivity contribution in [3.63, 3.8) is 0 Å². The van der Waals surface area contributed by atoms with Crippen LogP contribution in [0.3, 0.4) is 0 Å². The van der Waals surface area contributed by atoms with Crippen molar-refractivity contribution in [3.8, 4) is 17.1 Å². The molecule has 0 radical (unpaired) electrons. The summed E-state index contributed by atoms with van der Waals surface area (Å²) < 4.78 is 35.1. The summed E-state index contributed by atoms with van der Waals surface area (Å²) in [5.74, 6) is 0.916. The first-order chi connectivity index (χ1) is 14.4. The molecule has 0 bridgehead atoms. The number of halogens is 1. The number of thiazole rings is 1. The Bertz CT molecular complexity index is 1300. The molecule has 0 unspecified atom stereocenters. The van der Waals surface area contributed by atoms with E-state index in [-0.39, 0.29) is 11.4 Å². The Morgan fingerprint density at radius 3 is 2.70 bits per heavy atom. The number of rotatable bonds is 7. The van der Waals surface area contributed by atoms with Gasteiger partial charge in [0.15, 0.2) is 5.82 Å². The normalized spacial score (nSPS) is 11.8. The second-order valence-electron chi connectivity index (χ2n) is 6.67. The maximum atomic E-state index is 12.7. The SMILES string of the molecule is COc1ccc(C)cc1S(=O)(=O)NCCc1csc2nc(-c3ccc(Cl)cc3)nn12. The lowest BCUT2D eigenvalue weighted by Gasteiger charge is -2.11. The number of nitrogens with zero attached hydrogens (tertiary/aromatic N) is 3. The predicted molar refractivity (Wildman–Crippen MR) is 118 cm³/mol. The lowest BCUT2D eigenvalue weighted by molar-refractivity contribution is 0.402. The Morgan fingerprint density at radius 1 is 1.20 bits per heavy atom. The third-order valence-electron chi connectivity index (χ3n) is 4.53. The maximum absolute atomic E-state index is 12.7. The zero-order chi connectivity index (χ0) is 21.3. The van der Waals surface area contributed by atoms with Gasteiger partial charge >= 0.3 is 0 Å². The third kappa shape index (κ3) is 4.20. The van der Waals surface area contributed by atoms with Crippen LogP contribution in [0.4, 0.5) is 0 Å². The van der Waals surface area contributed by atoms with E-state index in [4.69, 9.17) is 16.3 Å². The number of benzene rings is 2. The van der Waals surface area contributed by atoms with Gasteiger partial charge in [-0.25, -0.2) is 17.7 Å². The third-order valence-corrected chi connectivity index (χ3v) is 7.13. The van der Waals surface area contributed by atoms with Crippen molar-refractivity contribution in [1.29, 1.82) is 0 Å². The van der Waals surface area contributed by atoms with Crippen LogP contribution >= 0.6 is 22.9 Å². The number of methoxy groups -OCH3 is 1. The Kier molecular flexibility index (Phi) is 5.79. The Morgan fingerprint density at radius 2 is 1.97 bits per heavy atom. The van der Waals surface area contributed by atoms with Gasteiger partial charge < -0.3 is 4.74 Å². The van der Waals surface area contributed by atoms with Gasteiger partial charge in [0, 0.05) is 28.9 Å². The standard InChI is InChI=1S/C20H19ClN4O3S2/c1-13-3-8-17(28-2)18(11-13)30(26,27)22-10-9-16-12-29-20-23-19(24-25(16)20)14-4-6-15(21)7-5-14/h3-8,11-12,22H,9-10H2,1-2H3. The van der Waals surface area contributed by atoms with Crippen molar-refractivity contribution >= 4 is 37.9 Å². The number of aryl methyl sites for hydroxylation is 1. The van der Waals surface area contributed by atoms with Crippen LogP contribution in [0.25, 0.3) is 16.3 Å². The minimum atomic E-state index is -3.70. The monoisotopic (exact) mass is 462 g/mol. The maximum Gasteiger partial charge on any atom is 0.244 e. The van der Waals surface area contributed by atoms with Crippen LogP contribution in [0.5, 0.6) is 5.75 Å². The molecule has 0 aliphatic rings. The molecule has 0 aliphatic heterocycles. The number of fused-ring (bicyclic) bond motifs is 1. The molecule has 156 valence electrons. The number of nitrogens with one attached hydrogen (secondary N) is 1. The highest BCUT2D eigenvalue weighted by molar-refractivity contribution is 7.89. The molecule has 4 aromatic rings. The van der Waals surface area contributed by atoms with Crippen LogP contribution < -0.4 is 9.46 Å². The molecule has 0 aliphatic carbocycles. The molecule has 0 spiro atoms. The molecule has 0 saturated heterocycles. The van der Waals surface area contributed by atoms with E-state index in [0.717, 1.165) is 21.8 Å². The number of aromatic nitrogens is 3. The molecule has 0 amide bonds. The van der Waals surface area contributed by atoms with E-state index >= 15 is 0 Å². The first kappa shape index (κ1) is 20.8. The van der Waals surface area contributed by atoms with Gasteiger partial charge in [0.25, 0.3) is 0 Å². The van der Waals surface area contributed by atoms with Gasteiger partial charge in [-0.1, -0.05) is 17.7 Å². The number of hydrogen-bond donors (Lipinski definition) is 1. The van der Waals surface area contributed by atoms with E-state index in [1.807, 2.05) is 30.5 Å². The molecule has 7 nitrogen and oxygen atoms in total. The van der Waals surface area contributed by atoms with Gasteiger partial charge in [-0.15, -0.1) is 16.4 Å². The average molecular weight is 463 g/mol. The van der Waals surface area contributed by atoms with E-state index in [1.54, 1.807) is 28.8 Å². The second-order valence-corrected chi connectivity index (χ2v) is 9.67. The molecule has 4 rings (SSSR count). The van der Waals surface area contributed by atoms with E-state index in [0.29, 0.717) is 23.0 Å². The summed E-state index contributed by atoms with van der Waals surface area (Å²) in [6.45, 7) is 2.06. The Labute approximate surface area is 183 Å². The quantitative estimate of drug-likeness (QED) is 0.449. The molecule has 0 atom stereocenters. The van der Waals surface area contributed by atoms with Gasteiger partial charge in [0.2, 0.25) is 15.0 Å². The van der Waals surface area contributed by atoms with Crippen molar-refractivity contribution in [2.75, 3.05) is 13.7 Å². The number of hydrogen-bond acceptors (Lipinski definition) is 6. The van der Waals surface area contributed by atoms with Crippen molar-refractivity contribution in [2.45, 2.75) is 18.2 Å². The summed E-state index contributed by atoms with van der Waals surface area (Å²) in [6, 6.07) is 12.4. The summed E-state index contributed by atoms with van der Waals surface area (Å²) in [7, 11) is -2.25. The lowest BCUT2D eigenvalue weighted by Crippen LogP contribution is -2.26. The fourth-order valence-electron chi connectivity index (χ4n) is 3.00. The van der Waals surface area contributed by atoms with Gasteiger partial charge in [-0.2, -0.15) is 4.98 Å². The molecule has 2 aromatic heterocycles. The van der Waals surface area contributed by atoms with Gasteiger partial charge in [0.1, 0.15) is 10.6 Å². The van der Waals surface area contributed by atoms with E-state index in [1.165, 1.54) is 18.4 Å². The van der Waals surface area contributed by atoms with Crippen LogP contribution in [0.2, 0.25) is 5.02 Å². The Hall–Kier alpha value is -2.46. The van der Waals surface area contributed by atoms with Gasteiger partial charge in [0.05, 0.1) is 12.8 Å². The number of sulfonamides is 1. The summed E-state index contributed by atoms with van der Waals surface area (Å²) in [5, 5.41) is 7.14. The molecule has 2 aromatic carbocycles. The highest BCUT2D eigenvalue weighted by Crippen LogP contribution is 2.25. The highest BCUT2D eigenvalue weighted by Gasteiger charge is 2.20. The fraction of sp³-hybridized carbons (Fsp3) is 0.200. The molecular weight excluding hydrogens is 444 g/mol. The van der Waals surface area contributed by atoms with E-state index < -0.39 is 10.0 Å². The lowest BCUT2D eigenvalue weighted by atomic mass is 10.2. The second kappa shape index (κ2) is 8.35. The summed E-state index contributed by atoms with van der Waals surface area (Å²) in [6.07, 6.45) is 0.469. The van der Waals surface area contributed by atoms with Crippen molar-refractivity contribution < 1.29 is 13.2 Å². The molecule has 0 fully saturated rings. The van der Waals surface area contributed by atoms with Gasteiger partial charge in [-0.05, 0) is 48.9 Å². The number of ether oxygens (including phenoxy) is 1. The van der Waals surface area contributed by atoms with Crippen LogP contribution in [-0.4, -0.2) is 36.7 Å². The largest absolute Gasteiger partial charge is 0.495 e. The average Bonchev–Trinajstić information content (AvgIpc) is 3.30. The first-order valence-corrected chi connectivity index (χ1v) is 11.8. The van der Waals surface area contributed by atoms with Crippen LogP contribution in [-0.2, 0) is 16.4 Å². The van der Waals surface area contributed by atoms with Crippen molar-refractivity contribution in [3.05, 3.63) is 64.1 Å².